The third-order valence-corrected chi connectivity index (χ3v) is 7.55. The fourth-order valence-corrected chi connectivity index (χ4v) is 5.92. The topological polar surface area (TPSA) is 120 Å². The number of aryl methyl sites for hydroxylation is 1. The lowest BCUT2D eigenvalue weighted by molar-refractivity contribution is -0.220. The molecular formula is C25H26ClN5O4. The van der Waals surface area contributed by atoms with Gasteiger partial charge in [-0.2, -0.15) is 0 Å². The number of ether oxygens (including phenoxy) is 1. The molecule has 0 unspecified atom stereocenters. The molecule has 1 atom stereocenters. The summed E-state index contributed by atoms with van der Waals surface area (Å²) in [7, 11) is 1.70. The predicted octanol–water partition coefficient (Wildman–Crippen LogP) is 3.51. The summed E-state index contributed by atoms with van der Waals surface area (Å²) in [5, 5.41) is 17.9. The number of aliphatic hydroxyl groups is 1. The molecule has 0 aromatic carbocycles. The first-order chi connectivity index (χ1) is 16.7. The zero-order valence-electron chi connectivity index (χ0n) is 19.6. The van der Waals surface area contributed by atoms with Gasteiger partial charge in [0.1, 0.15) is 17.0 Å². The molecule has 10 heteroatoms. The molecule has 1 N–H and O–H groups in total. The lowest BCUT2D eigenvalue weighted by Gasteiger charge is -2.70. The van der Waals surface area contributed by atoms with E-state index < -0.39 is 12.1 Å². The number of aromatic nitrogens is 5. The number of carbonyl (C=O) groups is 2. The number of aliphatic hydroxyl groups excluding tert-OH is 1. The van der Waals surface area contributed by atoms with Crippen molar-refractivity contribution in [3.63, 3.8) is 0 Å². The Balaban J connectivity index is 1.25. The molecule has 3 heterocycles. The van der Waals surface area contributed by atoms with Crippen LogP contribution in [0.2, 0.25) is 5.15 Å². The maximum atomic E-state index is 12.8. The van der Waals surface area contributed by atoms with Gasteiger partial charge in [0.2, 0.25) is 0 Å². The third kappa shape index (κ3) is 4.34. The smallest absolute Gasteiger partial charge is 0.312 e. The molecule has 0 saturated heterocycles. The molecule has 3 aromatic heterocycles. The number of pyridine rings is 2. The minimum atomic E-state index is -0.565. The van der Waals surface area contributed by atoms with Gasteiger partial charge < -0.3 is 9.84 Å². The van der Waals surface area contributed by atoms with Crippen LogP contribution in [-0.2, 0) is 23.0 Å². The van der Waals surface area contributed by atoms with Crippen LogP contribution in [0.25, 0.3) is 11.4 Å². The predicted molar refractivity (Wildman–Crippen MR) is 126 cm³/mol. The minimum Gasteiger partial charge on any atom is -0.457 e. The van der Waals surface area contributed by atoms with Gasteiger partial charge in [0, 0.05) is 43.6 Å². The van der Waals surface area contributed by atoms with E-state index in [1.54, 1.807) is 50.6 Å². The van der Waals surface area contributed by atoms with Gasteiger partial charge in [0.05, 0.1) is 17.8 Å². The van der Waals surface area contributed by atoms with Crippen molar-refractivity contribution in [2.75, 3.05) is 6.61 Å². The first-order valence-electron chi connectivity index (χ1n) is 11.5. The van der Waals surface area contributed by atoms with Crippen LogP contribution >= 0.6 is 11.6 Å². The van der Waals surface area contributed by atoms with Gasteiger partial charge in [-0.3, -0.25) is 19.3 Å². The Morgan fingerprint density at radius 3 is 2.63 bits per heavy atom. The normalized spacial score (nSPS) is 23.2. The Labute approximate surface area is 207 Å². The highest BCUT2D eigenvalue weighted by molar-refractivity contribution is 6.30. The zero-order chi connectivity index (χ0) is 24.8. The van der Waals surface area contributed by atoms with Crippen LogP contribution in [0.5, 0.6) is 0 Å². The number of hydrogen-bond acceptors (Lipinski definition) is 8. The summed E-state index contributed by atoms with van der Waals surface area (Å²) in [6.45, 7) is 1.94. The molecule has 3 fully saturated rings. The van der Waals surface area contributed by atoms with E-state index in [1.807, 2.05) is 0 Å². The number of halogens is 1. The van der Waals surface area contributed by atoms with Crippen LogP contribution in [-0.4, -0.2) is 48.4 Å². The lowest BCUT2D eigenvalue weighted by Crippen LogP contribution is -2.63. The monoisotopic (exact) mass is 495 g/mol. The van der Waals surface area contributed by atoms with Crippen molar-refractivity contribution < 1.29 is 19.4 Å². The van der Waals surface area contributed by atoms with Gasteiger partial charge in [-0.1, -0.05) is 22.9 Å². The number of esters is 1. The third-order valence-electron chi connectivity index (χ3n) is 7.24. The van der Waals surface area contributed by atoms with Crippen molar-refractivity contribution >= 4 is 23.4 Å². The van der Waals surface area contributed by atoms with Crippen molar-refractivity contribution in [2.24, 2.45) is 17.9 Å². The largest absolute Gasteiger partial charge is 0.457 e. The number of hydrogen-bond donors (Lipinski definition) is 1. The summed E-state index contributed by atoms with van der Waals surface area (Å²) < 4.78 is 7.07. The molecule has 35 heavy (non-hydrogen) atoms. The summed E-state index contributed by atoms with van der Waals surface area (Å²) in [6, 6.07) is 6.95. The molecule has 0 amide bonds. The van der Waals surface area contributed by atoms with Crippen LogP contribution in [0.4, 0.5) is 0 Å². The summed E-state index contributed by atoms with van der Waals surface area (Å²) in [4.78, 5) is 33.9. The zero-order valence-corrected chi connectivity index (χ0v) is 20.3. The van der Waals surface area contributed by atoms with E-state index in [4.69, 9.17) is 16.3 Å². The average Bonchev–Trinajstić information content (AvgIpc) is 3.15. The van der Waals surface area contributed by atoms with E-state index in [0.29, 0.717) is 34.6 Å². The first-order valence-corrected chi connectivity index (χ1v) is 11.9. The average molecular weight is 496 g/mol. The second kappa shape index (κ2) is 8.80. The highest BCUT2D eigenvalue weighted by atomic mass is 35.5. The molecule has 6 rings (SSSR count). The molecule has 0 spiro atoms. The maximum absolute atomic E-state index is 12.8. The molecule has 9 nitrogen and oxygen atoms in total. The van der Waals surface area contributed by atoms with E-state index >= 15 is 0 Å². The van der Waals surface area contributed by atoms with E-state index in [2.05, 4.69) is 20.3 Å². The molecule has 3 saturated carbocycles. The van der Waals surface area contributed by atoms with Crippen LogP contribution in [0.1, 0.15) is 60.3 Å². The van der Waals surface area contributed by atoms with Crippen LogP contribution in [0, 0.1) is 10.8 Å². The summed E-state index contributed by atoms with van der Waals surface area (Å²) in [5.74, 6) is -0.406. The van der Waals surface area contributed by atoms with E-state index in [-0.39, 0.29) is 34.8 Å². The second-order valence-electron chi connectivity index (χ2n) is 9.92. The molecule has 0 aliphatic heterocycles. The number of ketones is 1. The van der Waals surface area contributed by atoms with Crippen molar-refractivity contribution in [1.29, 1.82) is 0 Å². The van der Waals surface area contributed by atoms with Crippen LogP contribution in [0.15, 0.2) is 36.7 Å². The van der Waals surface area contributed by atoms with Gasteiger partial charge >= 0.3 is 5.97 Å². The number of nitrogens with zero attached hydrogens (tertiary/aromatic N) is 5. The van der Waals surface area contributed by atoms with E-state index in [9.17, 15) is 14.7 Å². The highest BCUT2D eigenvalue weighted by Crippen LogP contribution is 2.74. The van der Waals surface area contributed by atoms with E-state index in [1.165, 1.54) is 4.68 Å². The summed E-state index contributed by atoms with van der Waals surface area (Å²) in [5.41, 5.74) is 2.84. The number of Topliss-reactive ketones (excluding diaryl/α,β-unsaturated/α-hetero) is 1. The quantitative estimate of drug-likeness (QED) is 0.272. The Morgan fingerprint density at radius 2 is 1.97 bits per heavy atom. The molecule has 3 aromatic rings. The van der Waals surface area contributed by atoms with Crippen molar-refractivity contribution in [1.82, 2.24) is 25.0 Å². The van der Waals surface area contributed by atoms with Crippen molar-refractivity contribution in [2.45, 2.75) is 45.1 Å². The Hall–Kier alpha value is -3.17. The van der Waals surface area contributed by atoms with Crippen LogP contribution in [0.3, 0.4) is 0 Å². The Morgan fingerprint density at radius 1 is 1.20 bits per heavy atom. The maximum Gasteiger partial charge on any atom is 0.312 e. The molecule has 182 valence electrons. The Bertz CT molecular complexity index is 1270. The van der Waals surface area contributed by atoms with Gasteiger partial charge in [-0.05, 0) is 55.2 Å². The molecule has 0 radical (unpaired) electrons. The molecular weight excluding hydrogens is 470 g/mol. The van der Waals surface area contributed by atoms with Gasteiger partial charge in [0.25, 0.3) is 0 Å². The van der Waals surface area contributed by atoms with Crippen molar-refractivity contribution in [3.05, 3.63) is 58.6 Å². The van der Waals surface area contributed by atoms with E-state index in [0.717, 1.165) is 19.3 Å². The number of rotatable bonds is 9. The fourth-order valence-electron chi connectivity index (χ4n) is 5.64. The molecule has 3 aliphatic carbocycles. The fraction of sp³-hybridized carbons (Fsp3) is 0.440. The lowest BCUT2D eigenvalue weighted by atomic mass is 9.34. The molecule has 2 bridgehead atoms. The number of carbonyl (C=O) groups excluding carboxylic acids is 2. The highest BCUT2D eigenvalue weighted by Gasteiger charge is 2.67. The molecule has 3 aliphatic rings. The Kier molecular flexibility index (Phi) is 5.93. The standard InChI is InChI=1S/C25H26ClN5O4/c1-15(17-4-3-7-27-23(17)26)35-21(34)8-19-22(29-30-31(19)2)18-6-5-16(10-28-18)20(33)9-24-11-25(12-24,13-24)14-32/h3-7,10,15,32H,8-9,11-14H2,1-2H3/t15-,24?,25?/m1/s1. The minimum absolute atomic E-state index is 0.0567. The van der Waals surface area contributed by atoms with Gasteiger partial charge in [-0.15, -0.1) is 5.10 Å². The SMILES string of the molecule is C[C@@H](OC(=O)Cc1c(-c2ccc(C(=O)CC34CC(CO)(C3)C4)cn2)nnn1C)c1cccnc1Cl. The summed E-state index contributed by atoms with van der Waals surface area (Å²) >= 11 is 6.10. The first kappa shape index (κ1) is 23.6. The van der Waals surface area contributed by atoms with Gasteiger partial charge in [0.15, 0.2) is 5.78 Å². The van der Waals surface area contributed by atoms with Crippen molar-refractivity contribution in [3.8, 4) is 11.4 Å². The van der Waals surface area contributed by atoms with Crippen LogP contribution < -0.4 is 0 Å². The second-order valence-corrected chi connectivity index (χ2v) is 10.3. The van der Waals surface area contributed by atoms with Gasteiger partial charge in [-0.25, -0.2) is 4.98 Å². The summed E-state index contributed by atoms with van der Waals surface area (Å²) in [6.07, 6.45) is 5.77.